The summed E-state index contributed by atoms with van der Waals surface area (Å²) < 4.78 is 1.16. The molecule has 0 aliphatic rings. The highest BCUT2D eigenvalue weighted by molar-refractivity contribution is 9.11. The predicted molar refractivity (Wildman–Crippen MR) is 94.8 cm³/mol. The Morgan fingerprint density at radius 2 is 1.60 bits per heavy atom. The molecule has 0 saturated heterocycles. The third kappa shape index (κ3) is 3.53. The molecule has 0 aliphatic carbocycles. The monoisotopic (exact) mass is 394 g/mol. The second-order valence-electron chi connectivity index (χ2n) is 5.36. The van der Waals surface area contributed by atoms with E-state index in [9.17, 15) is 0 Å². The Bertz CT molecular complexity index is 572. The van der Waals surface area contributed by atoms with Crippen LogP contribution in [0.5, 0.6) is 0 Å². The lowest BCUT2D eigenvalue weighted by Gasteiger charge is -2.15. The summed E-state index contributed by atoms with van der Waals surface area (Å²) >= 11 is 7.48. The first kappa shape index (κ1) is 15.8. The minimum absolute atomic E-state index is 0.225. The van der Waals surface area contributed by atoms with E-state index in [0.717, 1.165) is 4.47 Å². The molecule has 2 aromatic rings. The maximum atomic E-state index is 3.82. The molecule has 106 valence electrons. The van der Waals surface area contributed by atoms with Crippen LogP contribution in [0, 0.1) is 6.92 Å². The molecule has 0 aromatic heterocycles. The lowest BCUT2D eigenvalue weighted by molar-refractivity contribution is 0.733. The number of benzene rings is 2. The van der Waals surface area contributed by atoms with Crippen molar-refractivity contribution in [2.75, 3.05) is 0 Å². The zero-order valence-corrected chi connectivity index (χ0v) is 15.3. The summed E-state index contributed by atoms with van der Waals surface area (Å²) in [6, 6.07) is 15.5. The Labute approximate surface area is 138 Å². The van der Waals surface area contributed by atoms with Crippen molar-refractivity contribution in [2.24, 2.45) is 0 Å². The summed E-state index contributed by atoms with van der Waals surface area (Å²) in [4.78, 5) is 0.225. The molecular weight excluding hydrogens is 376 g/mol. The summed E-state index contributed by atoms with van der Waals surface area (Å²) in [7, 11) is 0. The SMILES string of the molecule is CCC(C)c1ccc(C(Br)c2ccc(C)cc2Br)cc1. The van der Waals surface area contributed by atoms with Gasteiger partial charge in [0.2, 0.25) is 0 Å². The highest BCUT2D eigenvalue weighted by Gasteiger charge is 2.14. The summed E-state index contributed by atoms with van der Waals surface area (Å²) in [5.41, 5.74) is 5.25. The topological polar surface area (TPSA) is 0 Å². The molecule has 0 bridgehead atoms. The molecule has 0 spiro atoms. The lowest BCUT2D eigenvalue weighted by atomic mass is 9.96. The predicted octanol–water partition coefficient (Wildman–Crippen LogP) is 6.76. The molecule has 0 saturated carbocycles. The van der Waals surface area contributed by atoms with Gasteiger partial charge in [-0.3, -0.25) is 0 Å². The highest BCUT2D eigenvalue weighted by Crippen LogP contribution is 2.36. The summed E-state index contributed by atoms with van der Waals surface area (Å²) in [5, 5.41) is 0. The van der Waals surface area contributed by atoms with E-state index < -0.39 is 0 Å². The first-order valence-electron chi connectivity index (χ1n) is 7.03. The van der Waals surface area contributed by atoms with Crippen LogP contribution in [0.2, 0.25) is 0 Å². The molecule has 2 atom stereocenters. The van der Waals surface area contributed by atoms with Crippen LogP contribution in [0.15, 0.2) is 46.9 Å². The van der Waals surface area contributed by atoms with Gasteiger partial charge >= 0.3 is 0 Å². The van der Waals surface area contributed by atoms with Crippen molar-refractivity contribution in [3.63, 3.8) is 0 Å². The van der Waals surface area contributed by atoms with Gasteiger partial charge in [0.1, 0.15) is 0 Å². The molecule has 20 heavy (non-hydrogen) atoms. The van der Waals surface area contributed by atoms with Gasteiger partial charge in [-0.15, -0.1) is 0 Å². The van der Waals surface area contributed by atoms with Crippen molar-refractivity contribution >= 4 is 31.9 Å². The second kappa shape index (κ2) is 6.91. The van der Waals surface area contributed by atoms with E-state index in [0.29, 0.717) is 5.92 Å². The van der Waals surface area contributed by atoms with Gasteiger partial charge in [0, 0.05) is 4.47 Å². The molecule has 2 heteroatoms. The van der Waals surface area contributed by atoms with Crippen LogP contribution in [0.4, 0.5) is 0 Å². The van der Waals surface area contributed by atoms with Gasteiger partial charge < -0.3 is 0 Å². The van der Waals surface area contributed by atoms with Crippen molar-refractivity contribution in [2.45, 2.75) is 37.9 Å². The van der Waals surface area contributed by atoms with Crippen molar-refractivity contribution in [1.82, 2.24) is 0 Å². The third-order valence-corrected chi connectivity index (χ3v) is 5.55. The number of hydrogen-bond donors (Lipinski definition) is 0. The van der Waals surface area contributed by atoms with Crippen molar-refractivity contribution in [3.05, 3.63) is 69.2 Å². The number of hydrogen-bond acceptors (Lipinski definition) is 0. The average Bonchev–Trinajstić information content (AvgIpc) is 2.46. The molecule has 2 rings (SSSR count). The molecule has 0 radical (unpaired) electrons. The van der Waals surface area contributed by atoms with Crippen LogP contribution in [0.25, 0.3) is 0 Å². The van der Waals surface area contributed by atoms with E-state index in [2.05, 4.69) is 95.1 Å². The van der Waals surface area contributed by atoms with Gasteiger partial charge in [-0.05, 0) is 47.6 Å². The number of alkyl halides is 1. The lowest BCUT2D eigenvalue weighted by Crippen LogP contribution is -1.96. The zero-order chi connectivity index (χ0) is 14.7. The fraction of sp³-hybridized carbons (Fsp3) is 0.333. The number of rotatable bonds is 4. The molecule has 0 aliphatic heterocycles. The summed E-state index contributed by atoms with van der Waals surface area (Å²) in [5.74, 6) is 0.629. The quantitative estimate of drug-likeness (QED) is 0.502. The smallest absolute Gasteiger partial charge is 0.0655 e. The first-order valence-corrected chi connectivity index (χ1v) is 8.73. The van der Waals surface area contributed by atoms with E-state index in [1.165, 1.54) is 28.7 Å². The minimum atomic E-state index is 0.225. The third-order valence-electron chi connectivity index (χ3n) is 3.84. The van der Waals surface area contributed by atoms with Crippen molar-refractivity contribution in [3.8, 4) is 0 Å². The molecule has 2 aromatic carbocycles. The Morgan fingerprint density at radius 3 is 2.15 bits per heavy atom. The summed E-state index contributed by atoms with van der Waals surface area (Å²) in [6.07, 6.45) is 1.18. The Kier molecular flexibility index (Phi) is 5.45. The Hall–Kier alpha value is -0.600. The highest BCUT2D eigenvalue weighted by atomic mass is 79.9. The van der Waals surface area contributed by atoms with Gasteiger partial charge in [0.25, 0.3) is 0 Å². The fourth-order valence-corrected chi connectivity index (χ4v) is 3.98. The van der Waals surface area contributed by atoms with Gasteiger partial charge in [-0.1, -0.05) is 82.1 Å². The molecule has 0 heterocycles. The molecule has 0 nitrogen and oxygen atoms in total. The van der Waals surface area contributed by atoms with Crippen LogP contribution >= 0.6 is 31.9 Å². The van der Waals surface area contributed by atoms with Gasteiger partial charge in [0.15, 0.2) is 0 Å². The van der Waals surface area contributed by atoms with Crippen LogP contribution in [-0.4, -0.2) is 0 Å². The van der Waals surface area contributed by atoms with Crippen LogP contribution in [-0.2, 0) is 0 Å². The minimum Gasteiger partial charge on any atom is -0.0786 e. The van der Waals surface area contributed by atoms with E-state index in [1.54, 1.807) is 0 Å². The van der Waals surface area contributed by atoms with E-state index in [4.69, 9.17) is 0 Å². The number of aryl methyl sites for hydroxylation is 1. The molecular formula is C18H20Br2. The molecule has 0 fully saturated rings. The molecule has 0 N–H and O–H groups in total. The summed E-state index contributed by atoms with van der Waals surface area (Å²) in [6.45, 7) is 6.62. The normalized spacial score (nSPS) is 14.1. The van der Waals surface area contributed by atoms with E-state index in [-0.39, 0.29) is 4.83 Å². The van der Waals surface area contributed by atoms with Crippen LogP contribution in [0.1, 0.15) is 53.3 Å². The molecule has 2 unspecified atom stereocenters. The zero-order valence-electron chi connectivity index (χ0n) is 12.2. The standard InChI is InChI=1S/C18H20Br2/c1-4-13(3)14-6-8-15(9-7-14)18(20)16-10-5-12(2)11-17(16)19/h5-11,13,18H,4H2,1-3H3. The van der Waals surface area contributed by atoms with Gasteiger partial charge in [0.05, 0.1) is 4.83 Å². The van der Waals surface area contributed by atoms with E-state index >= 15 is 0 Å². The largest absolute Gasteiger partial charge is 0.0786 e. The van der Waals surface area contributed by atoms with Crippen LogP contribution in [0.3, 0.4) is 0 Å². The van der Waals surface area contributed by atoms with Crippen molar-refractivity contribution in [1.29, 1.82) is 0 Å². The Balaban J connectivity index is 2.26. The Morgan fingerprint density at radius 1 is 1.00 bits per heavy atom. The van der Waals surface area contributed by atoms with E-state index in [1.807, 2.05) is 0 Å². The second-order valence-corrected chi connectivity index (χ2v) is 7.13. The van der Waals surface area contributed by atoms with Crippen LogP contribution < -0.4 is 0 Å². The first-order chi connectivity index (χ1) is 9.52. The van der Waals surface area contributed by atoms with Gasteiger partial charge in [-0.25, -0.2) is 0 Å². The average molecular weight is 396 g/mol. The molecule has 0 amide bonds. The van der Waals surface area contributed by atoms with Crippen molar-refractivity contribution < 1.29 is 0 Å². The maximum absolute atomic E-state index is 3.82. The maximum Gasteiger partial charge on any atom is 0.0655 e. The van der Waals surface area contributed by atoms with Gasteiger partial charge in [-0.2, -0.15) is 0 Å². The number of halogens is 2. The fourth-order valence-electron chi connectivity index (χ4n) is 2.25.